The summed E-state index contributed by atoms with van der Waals surface area (Å²) >= 11 is 0. The Bertz CT molecular complexity index is 1500. The Morgan fingerprint density at radius 2 is 1.85 bits per heavy atom. The number of rotatable bonds is 6. The zero-order valence-corrected chi connectivity index (χ0v) is 21.9. The first kappa shape index (κ1) is 25.8. The van der Waals surface area contributed by atoms with E-state index in [1.54, 1.807) is 18.2 Å². The van der Waals surface area contributed by atoms with Crippen molar-refractivity contribution in [1.29, 1.82) is 0 Å². The molecular weight excluding hydrogens is 523 g/mol. The Hall–Kier alpha value is -3.47. The lowest BCUT2D eigenvalue weighted by atomic mass is 9.84. The third-order valence-corrected chi connectivity index (χ3v) is 9.16. The number of ether oxygens (including phenoxy) is 2. The summed E-state index contributed by atoms with van der Waals surface area (Å²) in [5, 5.41) is 10.1. The van der Waals surface area contributed by atoms with Crippen molar-refractivity contribution in [2.45, 2.75) is 54.9 Å². The van der Waals surface area contributed by atoms with Gasteiger partial charge in [0, 0.05) is 30.3 Å². The minimum absolute atomic E-state index is 0.00425. The molecule has 0 aromatic heterocycles. The van der Waals surface area contributed by atoms with E-state index < -0.39 is 34.2 Å². The van der Waals surface area contributed by atoms with Crippen LogP contribution in [0, 0.1) is 5.82 Å². The normalized spacial score (nSPS) is 23.8. The van der Waals surface area contributed by atoms with Gasteiger partial charge in [0.25, 0.3) is 10.0 Å². The maximum absolute atomic E-state index is 13.3. The smallest absolute Gasteiger partial charge is 0.261 e. The highest BCUT2D eigenvalue weighted by Crippen LogP contribution is 2.47. The average Bonchev–Trinajstić information content (AvgIpc) is 3.30. The molecule has 4 atom stereocenters. The number of aliphatic hydroxyl groups excluding tert-OH is 1. The molecule has 0 bridgehead atoms. The number of benzene rings is 3. The maximum atomic E-state index is 13.3. The summed E-state index contributed by atoms with van der Waals surface area (Å²) < 4.78 is 53.7. The predicted molar refractivity (Wildman–Crippen MR) is 141 cm³/mol. The molecule has 2 N–H and O–H groups in total. The second-order valence-corrected chi connectivity index (χ2v) is 11.9. The van der Waals surface area contributed by atoms with Crippen molar-refractivity contribution in [2.75, 3.05) is 17.9 Å². The molecule has 0 saturated carbocycles. The molecular formula is C29H29FN2O6S. The lowest BCUT2D eigenvalue weighted by Gasteiger charge is -2.38. The Morgan fingerprint density at radius 1 is 1.08 bits per heavy atom. The van der Waals surface area contributed by atoms with E-state index in [-0.39, 0.29) is 29.7 Å². The molecule has 8 nitrogen and oxygen atoms in total. The fourth-order valence-electron chi connectivity index (χ4n) is 5.81. The third-order valence-electron chi connectivity index (χ3n) is 7.76. The van der Waals surface area contributed by atoms with Gasteiger partial charge < -0.3 is 19.5 Å². The standard InChI is InChI=1S/C29H29FN2O6S/c30-20-5-8-23(9-6-20)39(35,36)31-21-7-10-26-24(13-21)25-14-22(37-27(17-33)29(25)38-26)15-28(34)32-12-11-18-3-1-2-4-19(18)16-32/h1-10,13,22,25,27,29,31,33H,11-12,14-17H2/t22-,25+,27+,29-/m1/s1. The number of hydrogen-bond acceptors (Lipinski definition) is 6. The van der Waals surface area contributed by atoms with Crippen molar-refractivity contribution >= 4 is 21.6 Å². The SMILES string of the molecule is O=C(C[C@H]1C[C@H]2c3cc(NS(=O)(=O)c4ccc(F)cc4)ccc3O[C@H]2[C@H](CO)O1)N1CCc2ccccc2C1. The topological polar surface area (TPSA) is 105 Å². The fraction of sp³-hybridized carbons (Fsp3) is 0.345. The lowest BCUT2D eigenvalue weighted by molar-refractivity contribution is -0.149. The van der Waals surface area contributed by atoms with Gasteiger partial charge in [0.2, 0.25) is 5.91 Å². The molecule has 39 heavy (non-hydrogen) atoms. The quantitative estimate of drug-likeness (QED) is 0.484. The van der Waals surface area contributed by atoms with Crippen LogP contribution in [-0.4, -0.2) is 55.8 Å². The summed E-state index contributed by atoms with van der Waals surface area (Å²) in [5.74, 6) is -0.104. The molecule has 3 aromatic carbocycles. The van der Waals surface area contributed by atoms with Crippen molar-refractivity contribution in [1.82, 2.24) is 4.90 Å². The summed E-state index contributed by atoms with van der Waals surface area (Å²) in [6, 6.07) is 17.7. The third kappa shape index (κ3) is 5.11. The molecule has 3 aliphatic rings. The van der Waals surface area contributed by atoms with Crippen LogP contribution in [0.5, 0.6) is 5.75 Å². The average molecular weight is 553 g/mol. The number of carbonyl (C=O) groups excluding carboxylic acids is 1. The Kier molecular flexibility index (Phi) is 6.78. The van der Waals surface area contributed by atoms with Crippen LogP contribution in [0.2, 0.25) is 0 Å². The van der Waals surface area contributed by atoms with Crippen LogP contribution in [0.1, 0.15) is 35.4 Å². The number of fused-ring (bicyclic) bond motifs is 4. The van der Waals surface area contributed by atoms with E-state index in [1.165, 1.54) is 17.7 Å². The van der Waals surface area contributed by atoms with Crippen LogP contribution in [0.25, 0.3) is 0 Å². The van der Waals surface area contributed by atoms with Gasteiger partial charge >= 0.3 is 0 Å². The van der Waals surface area contributed by atoms with Gasteiger partial charge in [0.05, 0.1) is 24.0 Å². The van der Waals surface area contributed by atoms with Crippen LogP contribution in [0.4, 0.5) is 10.1 Å². The van der Waals surface area contributed by atoms with E-state index in [0.717, 1.165) is 29.7 Å². The van der Waals surface area contributed by atoms with E-state index in [9.17, 15) is 22.7 Å². The number of nitrogens with zero attached hydrogens (tertiary/aromatic N) is 1. The van der Waals surface area contributed by atoms with Crippen LogP contribution >= 0.6 is 0 Å². The maximum Gasteiger partial charge on any atom is 0.261 e. The minimum atomic E-state index is -3.92. The van der Waals surface area contributed by atoms with Gasteiger partial charge in [-0.1, -0.05) is 24.3 Å². The van der Waals surface area contributed by atoms with E-state index in [4.69, 9.17) is 9.47 Å². The van der Waals surface area contributed by atoms with Crippen LogP contribution < -0.4 is 9.46 Å². The first-order valence-corrected chi connectivity index (χ1v) is 14.5. The van der Waals surface area contributed by atoms with Crippen molar-refractivity contribution < 1.29 is 32.2 Å². The van der Waals surface area contributed by atoms with Gasteiger partial charge in [-0.15, -0.1) is 0 Å². The number of nitrogens with one attached hydrogen (secondary N) is 1. The fourth-order valence-corrected chi connectivity index (χ4v) is 6.86. The van der Waals surface area contributed by atoms with Crippen LogP contribution in [0.3, 0.4) is 0 Å². The second kappa shape index (κ2) is 10.3. The van der Waals surface area contributed by atoms with Crippen molar-refractivity contribution in [2.24, 2.45) is 0 Å². The number of sulfonamides is 1. The monoisotopic (exact) mass is 552 g/mol. The summed E-state index contributed by atoms with van der Waals surface area (Å²) in [5.41, 5.74) is 3.56. The summed E-state index contributed by atoms with van der Waals surface area (Å²) in [6.45, 7) is 0.962. The highest BCUT2D eigenvalue weighted by molar-refractivity contribution is 7.92. The molecule has 0 radical (unpaired) electrons. The number of anilines is 1. The van der Waals surface area contributed by atoms with E-state index in [0.29, 0.717) is 30.9 Å². The lowest BCUT2D eigenvalue weighted by Crippen LogP contribution is -2.48. The molecule has 3 aromatic rings. The number of hydrogen-bond donors (Lipinski definition) is 2. The predicted octanol–water partition coefficient (Wildman–Crippen LogP) is 3.60. The van der Waals surface area contributed by atoms with Crippen molar-refractivity contribution in [3.8, 4) is 5.75 Å². The highest BCUT2D eigenvalue weighted by Gasteiger charge is 2.46. The zero-order valence-electron chi connectivity index (χ0n) is 21.1. The molecule has 0 spiro atoms. The number of halogens is 1. The first-order valence-electron chi connectivity index (χ1n) is 13.0. The molecule has 1 fully saturated rings. The molecule has 10 heteroatoms. The molecule has 204 valence electrons. The largest absolute Gasteiger partial charge is 0.487 e. The first-order chi connectivity index (χ1) is 18.8. The number of carbonyl (C=O) groups is 1. The number of amides is 1. The van der Waals surface area contributed by atoms with Gasteiger partial charge in [-0.25, -0.2) is 12.8 Å². The van der Waals surface area contributed by atoms with E-state index >= 15 is 0 Å². The summed E-state index contributed by atoms with van der Waals surface area (Å²) in [6.07, 6.45) is 0.0294. The molecule has 0 aliphatic carbocycles. The van der Waals surface area contributed by atoms with Gasteiger partial charge in [-0.2, -0.15) is 0 Å². The van der Waals surface area contributed by atoms with Gasteiger partial charge in [0.1, 0.15) is 23.8 Å². The van der Waals surface area contributed by atoms with Gasteiger partial charge in [-0.3, -0.25) is 9.52 Å². The Morgan fingerprint density at radius 3 is 2.62 bits per heavy atom. The minimum Gasteiger partial charge on any atom is -0.487 e. The van der Waals surface area contributed by atoms with Gasteiger partial charge in [0.15, 0.2) is 0 Å². The molecule has 0 unspecified atom stereocenters. The molecule has 1 amide bonds. The summed E-state index contributed by atoms with van der Waals surface area (Å²) in [7, 11) is -3.92. The van der Waals surface area contributed by atoms with Gasteiger partial charge in [-0.05, 0) is 66.4 Å². The molecule has 1 saturated heterocycles. The van der Waals surface area contributed by atoms with E-state index in [1.807, 2.05) is 23.1 Å². The molecule has 6 rings (SSSR count). The molecule has 3 aliphatic heterocycles. The van der Waals surface area contributed by atoms with Crippen LogP contribution in [-0.2, 0) is 32.5 Å². The summed E-state index contributed by atoms with van der Waals surface area (Å²) in [4.78, 5) is 15.0. The zero-order chi connectivity index (χ0) is 27.1. The van der Waals surface area contributed by atoms with Crippen molar-refractivity contribution in [3.05, 3.63) is 89.2 Å². The molecule has 3 heterocycles. The Labute approximate surface area is 226 Å². The number of aliphatic hydroxyl groups is 1. The Balaban J connectivity index is 1.18. The van der Waals surface area contributed by atoms with Crippen molar-refractivity contribution in [3.63, 3.8) is 0 Å². The highest BCUT2D eigenvalue weighted by atomic mass is 32.2. The van der Waals surface area contributed by atoms with E-state index in [2.05, 4.69) is 10.8 Å². The van der Waals surface area contributed by atoms with Crippen LogP contribution in [0.15, 0.2) is 71.6 Å². The second-order valence-electron chi connectivity index (χ2n) is 10.3.